The van der Waals surface area contributed by atoms with Crippen LogP contribution in [0.2, 0.25) is 0 Å². The van der Waals surface area contributed by atoms with Gasteiger partial charge in [0, 0.05) is 23.8 Å². The molecule has 130 valence electrons. The summed E-state index contributed by atoms with van der Waals surface area (Å²) in [4.78, 5) is 26.6. The fourth-order valence-corrected chi connectivity index (χ4v) is 3.55. The van der Waals surface area contributed by atoms with Gasteiger partial charge in [-0.3, -0.25) is 9.59 Å². The molecule has 1 saturated heterocycles. The number of amides is 2. The molecule has 2 aliphatic heterocycles. The number of para-hydroxylation sites is 1. The number of benzene rings is 1. The summed E-state index contributed by atoms with van der Waals surface area (Å²) in [6.07, 6.45) is 3.93. The largest absolute Gasteiger partial charge is 0.459 e. The zero-order valence-corrected chi connectivity index (χ0v) is 14.0. The summed E-state index contributed by atoms with van der Waals surface area (Å²) in [5, 5.41) is 6.30. The Balaban J connectivity index is 1.50. The van der Waals surface area contributed by atoms with Crippen LogP contribution in [0.25, 0.3) is 0 Å². The molecule has 0 aliphatic carbocycles. The fraction of sp³-hybridized carbons (Fsp3) is 0.368. The van der Waals surface area contributed by atoms with Crippen LogP contribution in [0.4, 0.5) is 5.69 Å². The summed E-state index contributed by atoms with van der Waals surface area (Å²) in [6.45, 7) is 2.12. The van der Waals surface area contributed by atoms with E-state index in [9.17, 15) is 9.59 Å². The summed E-state index contributed by atoms with van der Waals surface area (Å²) in [7, 11) is 0. The highest BCUT2D eigenvalue weighted by Crippen LogP contribution is 2.30. The second kappa shape index (κ2) is 6.72. The highest BCUT2D eigenvalue weighted by atomic mass is 16.3. The summed E-state index contributed by atoms with van der Waals surface area (Å²) >= 11 is 0. The zero-order chi connectivity index (χ0) is 17.2. The number of carbonyl (C=O) groups is 2. The first-order chi connectivity index (χ1) is 12.2. The highest BCUT2D eigenvalue weighted by molar-refractivity contribution is 6.01. The van der Waals surface area contributed by atoms with Gasteiger partial charge in [0.2, 0.25) is 5.91 Å². The van der Waals surface area contributed by atoms with E-state index in [0.29, 0.717) is 18.7 Å². The quantitative estimate of drug-likeness (QED) is 0.891. The molecule has 4 rings (SSSR count). The van der Waals surface area contributed by atoms with Gasteiger partial charge in [-0.15, -0.1) is 0 Å². The van der Waals surface area contributed by atoms with E-state index in [1.165, 1.54) is 6.26 Å². The molecule has 0 saturated carbocycles. The molecule has 25 heavy (non-hydrogen) atoms. The maximum Gasteiger partial charge on any atom is 0.287 e. The van der Waals surface area contributed by atoms with Gasteiger partial charge >= 0.3 is 0 Å². The van der Waals surface area contributed by atoms with Crippen molar-refractivity contribution in [2.24, 2.45) is 0 Å². The third kappa shape index (κ3) is 3.17. The number of hydrogen-bond donors (Lipinski definition) is 2. The van der Waals surface area contributed by atoms with Crippen molar-refractivity contribution >= 4 is 17.5 Å². The minimum absolute atomic E-state index is 0.0465. The maximum absolute atomic E-state index is 12.6. The van der Waals surface area contributed by atoms with Gasteiger partial charge in [-0.05, 0) is 37.1 Å². The van der Waals surface area contributed by atoms with E-state index in [4.69, 9.17) is 4.42 Å². The topological polar surface area (TPSA) is 74.6 Å². The van der Waals surface area contributed by atoms with Crippen molar-refractivity contribution in [2.75, 3.05) is 18.0 Å². The summed E-state index contributed by atoms with van der Waals surface area (Å²) in [6, 6.07) is 9.64. The van der Waals surface area contributed by atoms with Gasteiger partial charge < -0.3 is 20.0 Å². The first kappa shape index (κ1) is 15.9. The molecule has 1 fully saturated rings. The van der Waals surface area contributed by atoms with Gasteiger partial charge in [-0.1, -0.05) is 18.2 Å². The van der Waals surface area contributed by atoms with Gasteiger partial charge in [0.25, 0.3) is 5.91 Å². The van der Waals surface area contributed by atoms with E-state index >= 15 is 0 Å². The monoisotopic (exact) mass is 339 g/mol. The third-order valence-electron chi connectivity index (χ3n) is 4.84. The van der Waals surface area contributed by atoms with Crippen molar-refractivity contribution in [3.8, 4) is 0 Å². The van der Waals surface area contributed by atoms with Crippen molar-refractivity contribution < 1.29 is 14.0 Å². The van der Waals surface area contributed by atoms with E-state index in [2.05, 4.69) is 10.6 Å². The van der Waals surface area contributed by atoms with Crippen LogP contribution in [0.3, 0.4) is 0 Å². The van der Waals surface area contributed by atoms with E-state index in [0.717, 1.165) is 42.7 Å². The minimum atomic E-state index is -0.214. The van der Waals surface area contributed by atoms with E-state index < -0.39 is 0 Å². The van der Waals surface area contributed by atoms with Gasteiger partial charge in [0.05, 0.1) is 19.2 Å². The van der Waals surface area contributed by atoms with Crippen LogP contribution in [-0.4, -0.2) is 30.9 Å². The number of rotatable bonds is 4. The Morgan fingerprint density at radius 3 is 3.04 bits per heavy atom. The number of nitrogens with one attached hydrogen (secondary N) is 2. The SMILES string of the molecule is O=C(N[C@H]1CCCNC1)c1occc1CN1C(=O)Cc2ccccc21. The van der Waals surface area contributed by atoms with Gasteiger partial charge in [0.1, 0.15) is 0 Å². The molecule has 0 bridgehead atoms. The van der Waals surface area contributed by atoms with E-state index in [1.54, 1.807) is 11.0 Å². The fourth-order valence-electron chi connectivity index (χ4n) is 3.55. The lowest BCUT2D eigenvalue weighted by atomic mass is 10.1. The molecule has 2 aliphatic rings. The second-order valence-corrected chi connectivity index (χ2v) is 6.58. The number of piperidine rings is 1. The molecular weight excluding hydrogens is 318 g/mol. The Bertz CT molecular complexity index is 793. The molecule has 1 aromatic heterocycles. The summed E-state index contributed by atoms with van der Waals surface area (Å²) in [5.74, 6) is 0.127. The molecule has 3 heterocycles. The van der Waals surface area contributed by atoms with Crippen molar-refractivity contribution in [2.45, 2.75) is 31.8 Å². The summed E-state index contributed by atoms with van der Waals surface area (Å²) in [5.41, 5.74) is 2.66. The summed E-state index contributed by atoms with van der Waals surface area (Å²) < 4.78 is 5.43. The van der Waals surface area contributed by atoms with Crippen LogP contribution in [-0.2, 0) is 17.8 Å². The molecule has 6 nitrogen and oxygen atoms in total. The number of anilines is 1. The van der Waals surface area contributed by atoms with Crippen molar-refractivity contribution in [1.29, 1.82) is 0 Å². The van der Waals surface area contributed by atoms with Crippen molar-refractivity contribution in [3.05, 3.63) is 53.5 Å². The van der Waals surface area contributed by atoms with Crippen LogP contribution in [0, 0.1) is 0 Å². The van der Waals surface area contributed by atoms with Crippen LogP contribution in [0.5, 0.6) is 0 Å². The molecule has 6 heteroatoms. The Hall–Kier alpha value is -2.60. The number of nitrogens with zero attached hydrogens (tertiary/aromatic N) is 1. The maximum atomic E-state index is 12.6. The molecule has 0 radical (unpaired) electrons. The van der Waals surface area contributed by atoms with Crippen molar-refractivity contribution in [1.82, 2.24) is 10.6 Å². The lowest BCUT2D eigenvalue weighted by Gasteiger charge is -2.23. The highest BCUT2D eigenvalue weighted by Gasteiger charge is 2.29. The Morgan fingerprint density at radius 1 is 1.32 bits per heavy atom. The molecule has 2 N–H and O–H groups in total. The zero-order valence-electron chi connectivity index (χ0n) is 14.0. The smallest absolute Gasteiger partial charge is 0.287 e. The van der Waals surface area contributed by atoms with E-state index in [1.807, 2.05) is 24.3 Å². The first-order valence-electron chi connectivity index (χ1n) is 8.68. The lowest BCUT2D eigenvalue weighted by Crippen LogP contribution is -2.45. The average molecular weight is 339 g/mol. The molecule has 2 aromatic rings. The van der Waals surface area contributed by atoms with Crippen LogP contribution in [0.1, 0.15) is 34.5 Å². The predicted octanol–water partition coefficient (Wildman–Crippen LogP) is 1.85. The van der Waals surface area contributed by atoms with Gasteiger partial charge in [0.15, 0.2) is 5.76 Å². The number of fused-ring (bicyclic) bond motifs is 1. The van der Waals surface area contributed by atoms with Crippen LogP contribution >= 0.6 is 0 Å². The third-order valence-corrected chi connectivity index (χ3v) is 4.84. The van der Waals surface area contributed by atoms with E-state index in [-0.39, 0.29) is 17.9 Å². The molecule has 0 unspecified atom stereocenters. The Labute approximate surface area is 146 Å². The van der Waals surface area contributed by atoms with Crippen LogP contribution < -0.4 is 15.5 Å². The number of carbonyl (C=O) groups excluding carboxylic acids is 2. The molecule has 1 atom stereocenters. The first-order valence-corrected chi connectivity index (χ1v) is 8.68. The standard InChI is InChI=1S/C19H21N3O3/c23-17-10-13-4-1-2-6-16(13)22(17)12-14-7-9-25-18(14)19(24)21-15-5-3-8-20-11-15/h1-2,4,6-7,9,15,20H,3,5,8,10-12H2,(H,21,24)/t15-/m0/s1. The average Bonchev–Trinajstić information content (AvgIpc) is 3.21. The Morgan fingerprint density at radius 2 is 2.20 bits per heavy atom. The van der Waals surface area contributed by atoms with Gasteiger partial charge in [-0.25, -0.2) is 0 Å². The van der Waals surface area contributed by atoms with Gasteiger partial charge in [-0.2, -0.15) is 0 Å². The molecule has 1 aromatic carbocycles. The minimum Gasteiger partial charge on any atom is -0.459 e. The predicted molar refractivity (Wildman–Crippen MR) is 93.4 cm³/mol. The lowest BCUT2D eigenvalue weighted by molar-refractivity contribution is -0.117. The second-order valence-electron chi connectivity index (χ2n) is 6.58. The normalized spacial score (nSPS) is 19.8. The molecule has 0 spiro atoms. The molecular formula is C19H21N3O3. The Kier molecular flexibility index (Phi) is 4.28. The molecule has 2 amide bonds. The van der Waals surface area contributed by atoms with Crippen molar-refractivity contribution in [3.63, 3.8) is 0 Å². The van der Waals surface area contributed by atoms with Crippen LogP contribution in [0.15, 0.2) is 41.0 Å². The number of hydrogen-bond acceptors (Lipinski definition) is 4. The number of furan rings is 1.